The van der Waals surface area contributed by atoms with Crippen LogP contribution in [0.1, 0.15) is 10.5 Å². The summed E-state index contributed by atoms with van der Waals surface area (Å²) in [5.74, 6) is -0.292. The van der Waals surface area contributed by atoms with Crippen molar-refractivity contribution in [1.29, 1.82) is 0 Å². The highest BCUT2D eigenvalue weighted by Gasteiger charge is 2.10. The van der Waals surface area contributed by atoms with Crippen LogP contribution >= 0.6 is 0 Å². The Kier molecular flexibility index (Phi) is 4.68. The second-order valence-corrected chi connectivity index (χ2v) is 3.09. The average molecular weight is 225 g/mol. The second kappa shape index (κ2) is 6.04. The van der Waals surface area contributed by atoms with Crippen LogP contribution in [0.25, 0.3) is 0 Å². The molecular weight excluding hydrogens is 210 g/mol. The summed E-state index contributed by atoms with van der Waals surface area (Å²) in [7, 11) is 3.00. The third-order valence-corrected chi connectivity index (χ3v) is 1.97. The van der Waals surface area contributed by atoms with Gasteiger partial charge in [0.05, 0.1) is 18.4 Å². The molecule has 16 heavy (non-hydrogen) atoms. The maximum absolute atomic E-state index is 11.6. The van der Waals surface area contributed by atoms with E-state index in [1.54, 1.807) is 12.1 Å². The summed E-state index contributed by atoms with van der Waals surface area (Å²) in [6.07, 6.45) is 0.969. The van der Waals surface area contributed by atoms with Gasteiger partial charge in [-0.05, 0) is 12.1 Å². The molecule has 0 saturated carbocycles. The zero-order valence-electron chi connectivity index (χ0n) is 9.27. The molecule has 3 N–H and O–H groups in total. The molecule has 1 amide bonds. The van der Waals surface area contributed by atoms with Gasteiger partial charge < -0.3 is 20.5 Å². The lowest BCUT2D eigenvalue weighted by atomic mass is 10.3. The Hall–Kier alpha value is -1.66. The Morgan fingerprint density at radius 3 is 2.69 bits per heavy atom. The molecule has 0 unspecified atom stereocenters. The molecule has 1 rings (SSSR count). The molecule has 1 heterocycles. The van der Waals surface area contributed by atoms with E-state index in [9.17, 15) is 4.79 Å². The van der Waals surface area contributed by atoms with Crippen LogP contribution in [-0.2, 0) is 9.47 Å². The molecule has 0 aromatic carbocycles. The van der Waals surface area contributed by atoms with Gasteiger partial charge in [0.15, 0.2) is 6.29 Å². The van der Waals surface area contributed by atoms with E-state index >= 15 is 0 Å². The summed E-state index contributed by atoms with van der Waals surface area (Å²) >= 11 is 0. The van der Waals surface area contributed by atoms with Gasteiger partial charge in [-0.3, -0.25) is 4.79 Å². The van der Waals surface area contributed by atoms with Crippen molar-refractivity contribution in [2.75, 3.05) is 26.5 Å². The smallest absolute Gasteiger partial charge is 0.270 e. The number of amides is 1. The van der Waals surface area contributed by atoms with Crippen LogP contribution in [0.3, 0.4) is 0 Å². The van der Waals surface area contributed by atoms with Crippen molar-refractivity contribution in [3.8, 4) is 0 Å². The van der Waals surface area contributed by atoms with Crippen LogP contribution in [-0.4, -0.2) is 37.9 Å². The van der Waals surface area contributed by atoms with Crippen molar-refractivity contribution < 1.29 is 14.3 Å². The first-order chi connectivity index (χ1) is 7.67. The van der Waals surface area contributed by atoms with E-state index < -0.39 is 6.29 Å². The van der Waals surface area contributed by atoms with Gasteiger partial charge in [0.2, 0.25) is 0 Å². The Morgan fingerprint density at radius 2 is 2.19 bits per heavy atom. The van der Waals surface area contributed by atoms with Crippen LogP contribution < -0.4 is 11.1 Å². The lowest BCUT2D eigenvalue weighted by molar-refractivity contribution is -0.0974. The Labute approximate surface area is 93.8 Å². The molecular formula is C10H15N3O3. The number of ether oxygens (including phenoxy) is 2. The minimum atomic E-state index is -0.460. The van der Waals surface area contributed by atoms with Crippen molar-refractivity contribution in [1.82, 2.24) is 10.3 Å². The topological polar surface area (TPSA) is 86.5 Å². The van der Waals surface area contributed by atoms with Crippen LogP contribution in [0.15, 0.2) is 18.3 Å². The van der Waals surface area contributed by atoms with E-state index in [0.29, 0.717) is 11.4 Å². The van der Waals surface area contributed by atoms with Crippen molar-refractivity contribution in [3.05, 3.63) is 24.0 Å². The largest absolute Gasteiger partial charge is 0.397 e. The third kappa shape index (κ3) is 3.48. The summed E-state index contributed by atoms with van der Waals surface area (Å²) in [4.78, 5) is 15.5. The maximum Gasteiger partial charge on any atom is 0.270 e. The lowest BCUT2D eigenvalue weighted by Crippen LogP contribution is -2.34. The fraction of sp³-hybridized carbons (Fsp3) is 0.400. The van der Waals surface area contributed by atoms with Gasteiger partial charge in [-0.15, -0.1) is 0 Å². The first kappa shape index (κ1) is 12.4. The van der Waals surface area contributed by atoms with E-state index in [0.717, 1.165) is 0 Å². The first-order valence-electron chi connectivity index (χ1n) is 4.72. The van der Waals surface area contributed by atoms with Crippen LogP contribution in [0, 0.1) is 0 Å². The standard InChI is InChI=1S/C10H15N3O3/c1-15-9(16-2)6-13-10(14)8-4-3-7(11)5-12-8/h3-5,9H,6,11H2,1-2H3,(H,13,14). The number of rotatable bonds is 5. The second-order valence-electron chi connectivity index (χ2n) is 3.09. The number of carbonyl (C=O) groups excluding carboxylic acids is 1. The molecule has 0 aliphatic carbocycles. The number of nitrogen functional groups attached to an aromatic ring is 1. The Morgan fingerprint density at radius 1 is 1.50 bits per heavy atom. The highest BCUT2D eigenvalue weighted by molar-refractivity contribution is 5.92. The van der Waals surface area contributed by atoms with Gasteiger partial charge in [0, 0.05) is 14.2 Å². The van der Waals surface area contributed by atoms with Gasteiger partial charge in [-0.2, -0.15) is 0 Å². The maximum atomic E-state index is 11.6. The summed E-state index contributed by atoms with van der Waals surface area (Å²) in [6, 6.07) is 3.17. The quantitative estimate of drug-likeness (QED) is 0.689. The number of nitrogens with one attached hydrogen (secondary N) is 1. The molecule has 88 valence electrons. The molecule has 0 radical (unpaired) electrons. The van der Waals surface area contributed by atoms with E-state index in [1.807, 2.05) is 0 Å². The number of carbonyl (C=O) groups is 1. The van der Waals surface area contributed by atoms with Gasteiger partial charge in [0.25, 0.3) is 5.91 Å². The van der Waals surface area contributed by atoms with Crippen molar-refractivity contribution in [2.24, 2.45) is 0 Å². The summed E-state index contributed by atoms with van der Waals surface area (Å²) in [5, 5.41) is 2.63. The number of methoxy groups -OCH3 is 2. The zero-order valence-corrected chi connectivity index (χ0v) is 9.27. The minimum Gasteiger partial charge on any atom is -0.397 e. The summed E-state index contributed by atoms with van der Waals surface area (Å²) in [6.45, 7) is 0.262. The average Bonchev–Trinajstić information content (AvgIpc) is 2.31. The Balaban J connectivity index is 2.49. The highest BCUT2D eigenvalue weighted by Crippen LogP contribution is 2.00. The predicted molar refractivity (Wildman–Crippen MR) is 58.8 cm³/mol. The monoisotopic (exact) mass is 225 g/mol. The number of aromatic nitrogens is 1. The molecule has 6 heteroatoms. The molecule has 6 nitrogen and oxygen atoms in total. The van der Waals surface area contributed by atoms with Crippen LogP contribution in [0.4, 0.5) is 5.69 Å². The number of nitrogens with two attached hydrogens (primary N) is 1. The number of hydrogen-bond donors (Lipinski definition) is 2. The SMILES string of the molecule is COC(CNC(=O)c1ccc(N)cn1)OC. The lowest BCUT2D eigenvalue weighted by Gasteiger charge is -2.13. The number of pyridine rings is 1. The van der Waals surface area contributed by atoms with Gasteiger partial charge in [-0.1, -0.05) is 0 Å². The first-order valence-corrected chi connectivity index (χ1v) is 4.72. The van der Waals surface area contributed by atoms with Gasteiger partial charge in [0.1, 0.15) is 5.69 Å². The number of anilines is 1. The van der Waals surface area contributed by atoms with E-state index in [-0.39, 0.29) is 12.5 Å². The molecule has 0 aliphatic rings. The molecule has 0 aliphatic heterocycles. The normalized spacial score (nSPS) is 10.4. The minimum absolute atomic E-state index is 0.262. The van der Waals surface area contributed by atoms with Crippen LogP contribution in [0.2, 0.25) is 0 Å². The molecule has 1 aromatic rings. The highest BCUT2D eigenvalue weighted by atomic mass is 16.7. The fourth-order valence-electron chi connectivity index (χ4n) is 1.07. The fourth-order valence-corrected chi connectivity index (χ4v) is 1.07. The van der Waals surface area contributed by atoms with Gasteiger partial charge >= 0.3 is 0 Å². The third-order valence-electron chi connectivity index (χ3n) is 1.97. The van der Waals surface area contributed by atoms with Crippen molar-refractivity contribution >= 4 is 11.6 Å². The van der Waals surface area contributed by atoms with E-state index in [1.165, 1.54) is 20.4 Å². The van der Waals surface area contributed by atoms with Gasteiger partial charge in [-0.25, -0.2) is 4.98 Å². The summed E-state index contributed by atoms with van der Waals surface area (Å²) < 4.78 is 9.86. The van der Waals surface area contributed by atoms with Crippen molar-refractivity contribution in [2.45, 2.75) is 6.29 Å². The molecule has 1 aromatic heterocycles. The zero-order chi connectivity index (χ0) is 12.0. The summed E-state index contributed by atoms with van der Waals surface area (Å²) in [5.41, 5.74) is 6.28. The molecule has 0 atom stereocenters. The van der Waals surface area contributed by atoms with Crippen molar-refractivity contribution in [3.63, 3.8) is 0 Å². The van der Waals surface area contributed by atoms with E-state index in [2.05, 4.69) is 10.3 Å². The molecule has 0 saturated heterocycles. The molecule has 0 spiro atoms. The van der Waals surface area contributed by atoms with Crippen LogP contribution in [0.5, 0.6) is 0 Å². The number of nitrogens with zero attached hydrogens (tertiary/aromatic N) is 1. The molecule has 0 bridgehead atoms. The van der Waals surface area contributed by atoms with E-state index in [4.69, 9.17) is 15.2 Å². The predicted octanol–water partition coefficient (Wildman–Crippen LogP) is 0.0125. The number of hydrogen-bond acceptors (Lipinski definition) is 5. The molecule has 0 fully saturated rings. The Bertz CT molecular complexity index is 336.